The lowest BCUT2D eigenvalue weighted by Crippen LogP contribution is -2.37. The van der Waals surface area contributed by atoms with E-state index in [0.717, 1.165) is 35.9 Å². The molecule has 0 radical (unpaired) electrons. The van der Waals surface area contributed by atoms with Gasteiger partial charge in [-0.3, -0.25) is 0 Å². The Morgan fingerprint density at radius 3 is 2.85 bits per heavy atom. The molecule has 8 nitrogen and oxygen atoms in total. The fourth-order valence-corrected chi connectivity index (χ4v) is 2.67. The number of ether oxygens (including phenoxy) is 2. The van der Waals surface area contributed by atoms with E-state index in [4.69, 9.17) is 9.47 Å². The number of carbonyl (C=O) groups is 1. The van der Waals surface area contributed by atoms with Crippen LogP contribution < -0.4 is 20.3 Å². The Labute approximate surface area is 152 Å². The smallest absolute Gasteiger partial charge is 0.319 e. The van der Waals surface area contributed by atoms with Gasteiger partial charge in [0.05, 0.1) is 26.9 Å². The summed E-state index contributed by atoms with van der Waals surface area (Å²) in [5.74, 6) is 2.17. The van der Waals surface area contributed by atoms with Crippen LogP contribution in [0.1, 0.15) is 11.4 Å². The number of carbonyl (C=O) groups excluding carboxylic acids is 1. The number of nitrogens with zero attached hydrogens (tertiary/aromatic N) is 3. The second-order valence-corrected chi connectivity index (χ2v) is 5.92. The number of amides is 2. The van der Waals surface area contributed by atoms with Gasteiger partial charge in [0, 0.05) is 25.0 Å². The van der Waals surface area contributed by atoms with Gasteiger partial charge in [0.1, 0.15) is 17.4 Å². The first kappa shape index (κ1) is 17.9. The van der Waals surface area contributed by atoms with Gasteiger partial charge in [-0.15, -0.1) is 0 Å². The lowest BCUT2D eigenvalue weighted by atomic mass is 10.2. The maximum Gasteiger partial charge on any atom is 0.319 e. The van der Waals surface area contributed by atoms with Crippen LogP contribution in [0.3, 0.4) is 0 Å². The van der Waals surface area contributed by atoms with Gasteiger partial charge >= 0.3 is 6.03 Å². The zero-order valence-corrected chi connectivity index (χ0v) is 15.0. The summed E-state index contributed by atoms with van der Waals surface area (Å²) in [5, 5.41) is 5.61. The van der Waals surface area contributed by atoms with Crippen LogP contribution in [0, 0.1) is 6.92 Å². The van der Waals surface area contributed by atoms with Crippen LogP contribution in [0.5, 0.6) is 5.75 Å². The predicted molar refractivity (Wildman–Crippen MR) is 98.7 cm³/mol. The second-order valence-electron chi connectivity index (χ2n) is 5.92. The molecule has 0 saturated carbocycles. The molecule has 138 valence electrons. The van der Waals surface area contributed by atoms with Crippen molar-refractivity contribution in [1.29, 1.82) is 0 Å². The predicted octanol–water partition coefficient (Wildman–Crippen LogP) is 1.95. The molecule has 2 aromatic rings. The summed E-state index contributed by atoms with van der Waals surface area (Å²) < 4.78 is 10.5. The Morgan fingerprint density at radius 1 is 1.31 bits per heavy atom. The second kappa shape index (κ2) is 8.48. The number of hydrogen-bond acceptors (Lipinski definition) is 6. The Morgan fingerprint density at radius 2 is 2.12 bits per heavy atom. The highest BCUT2D eigenvalue weighted by molar-refractivity contribution is 5.90. The van der Waals surface area contributed by atoms with Gasteiger partial charge < -0.3 is 25.0 Å². The molecule has 3 rings (SSSR count). The average molecular weight is 357 g/mol. The molecule has 8 heteroatoms. The molecular formula is C18H23N5O3. The molecule has 0 aliphatic carbocycles. The van der Waals surface area contributed by atoms with Gasteiger partial charge in [-0.25, -0.2) is 14.8 Å². The van der Waals surface area contributed by atoms with Crippen LogP contribution in [0.2, 0.25) is 0 Å². The molecule has 1 aliphatic rings. The number of anilines is 2. The van der Waals surface area contributed by atoms with Crippen molar-refractivity contribution in [3.8, 4) is 5.75 Å². The number of benzene rings is 1. The number of hydrogen-bond donors (Lipinski definition) is 2. The third-order valence-corrected chi connectivity index (χ3v) is 4.11. The Hall–Kier alpha value is -2.87. The number of aromatic nitrogens is 2. The molecular weight excluding hydrogens is 334 g/mol. The van der Waals surface area contributed by atoms with Crippen molar-refractivity contribution < 1.29 is 14.3 Å². The van der Waals surface area contributed by atoms with Gasteiger partial charge in [0.15, 0.2) is 0 Å². The molecule has 0 unspecified atom stereocenters. The first-order valence-corrected chi connectivity index (χ1v) is 8.50. The van der Waals surface area contributed by atoms with Crippen molar-refractivity contribution in [2.45, 2.75) is 13.5 Å². The summed E-state index contributed by atoms with van der Waals surface area (Å²) in [5.41, 5.74) is 1.65. The molecule has 1 fully saturated rings. The molecule has 0 bridgehead atoms. The summed E-state index contributed by atoms with van der Waals surface area (Å²) in [6, 6.07) is 7.04. The summed E-state index contributed by atoms with van der Waals surface area (Å²) in [6.45, 7) is 5.16. The molecule has 1 aliphatic heterocycles. The molecule has 0 spiro atoms. The van der Waals surface area contributed by atoms with Crippen molar-refractivity contribution in [1.82, 2.24) is 15.3 Å². The number of nitrogens with one attached hydrogen (secondary N) is 2. The topological polar surface area (TPSA) is 88.6 Å². The molecule has 26 heavy (non-hydrogen) atoms. The summed E-state index contributed by atoms with van der Waals surface area (Å²) in [6.07, 6.45) is 1.71. The zero-order chi connectivity index (χ0) is 18.4. The number of rotatable bonds is 5. The quantitative estimate of drug-likeness (QED) is 0.850. The van der Waals surface area contributed by atoms with Crippen molar-refractivity contribution in [2.24, 2.45) is 0 Å². The standard InChI is InChI=1S/C18H23N5O3/c1-13-11-14(25-2)3-4-15(13)21-18(24)20-12-16-19-6-5-17(22-16)23-7-9-26-10-8-23/h3-6,11H,7-10,12H2,1-2H3,(H2,20,21,24). The van der Waals surface area contributed by atoms with E-state index in [2.05, 4.69) is 25.5 Å². The zero-order valence-electron chi connectivity index (χ0n) is 15.0. The molecule has 1 saturated heterocycles. The fourth-order valence-electron chi connectivity index (χ4n) is 2.67. The minimum atomic E-state index is -0.307. The van der Waals surface area contributed by atoms with Crippen LogP contribution in [0.15, 0.2) is 30.5 Å². The van der Waals surface area contributed by atoms with Crippen LogP contribution in [-0.4, -0.2) is 49.4 Å². The average Bonchev–Trinajstić information content (AvgIpc) is 2.69. The summed E-state index contributed by atoms with van der Waals surface area (Å²) in [7, 11) is 1.61. The van der Waals surface area contributed by atoms with Crippen molar-refractivity contribution in [3.63, 3.8) is 0 Å². The molecule has 1 aromatic heterocycles. The van der Waals surface area contributed by atoms with E-state index in [1.54, 1.807) is 19.4 Å². The van der Waals surface area contributed by atoms with E-state index >= 15 is 0 Å². The van der Waals surface area contributed by atoms with E-state index in [0.29, 0.717) is 19.0 Å². The van der Waals surface area contributed by atoms with E-state index in [-0.39, 0.29) is 12.6 Å². The lowest BCUT2D eigenvalue weighted by Gasteiger charge is -2.27. The summed E-state index contributed by atoms with van der Waals surface area (Å²) in [4.78, 5) is 23.0. The van der Waals surface area contributed by atoms with Crippen molar-refractivity contribution >= 4 is 17.5 Å². The molecule has 0 atom stereocenters. The van der Waals surface area contributed by atoms with Gasteiger partial charge in [-0.05, 0) is 36.8 Å². The van der Waals surface area contributed by atoms with Gasteiger partial charge in [-0.1, -0.05) is 0 Å². The summed E-state index contributed by atoms with van der Waals surface area (Å²) >= 11 is 0. The number of aryl methyl sites for hydroxylation is 1. The first-order chi connectivity index (χ1) is 12.7. The largest absolute Gasteiger partial charge is 0.497 e. The highest BCUT2D eigenvalue weighted by atomic mass is 16.5. The monoisotopic (exact) mass is 357 g/mol. The van der Waals surface area contributed by atoms with Gasteiger partial charge in [-0.2, -0.15) is 0 Å². The van der Waals surface area contributed by atoms with Crippen molar-refractivity contribution in [2.75, 3.05) is 43.6 Å². The number of urea groups is 1. The third kappa shape index (κ3) is 4.60. The van der Waals surface area contributed by atoms with Crippen LogP contribution in [0.4, 0.5) is 16.3 Å². The molecule has 1 aromatic carbocycles. The Balaban J connectivity index is 1.56. The first-order valence-electron chi connectivity index (χ1n) is 8.50. The highest BCUT2D eigenvalue weighted by Gasteiger charge is 2.13. The van der Waals surface area contributed by atoms with Crippen LogP contribution in [0.25, 0.3) is 0 Å². The van der Waals surface area contributed by atoms with Crippen molar-refractivity contribution in [3.05, 3.63) is 41.9 Å². The highest BCUT2D eigenvalue weighted by Crippen LogP contribution is 2.20. The number of morpholine rings is 1. The number of methoxy groups -OCH3 is 1. The van der Waals surface area contributed by atoms with Gasteiger partial charge in [0.2, 0.25) is 0 Å². The van der Waals surface area contributed by atoms with Crippen LogP contribution >= 0.6 is 0 Å². The maximum absolute atomic E-state index is 12.1. The molecule has 2 N–H and O–H groups in total. The lowest BCUT2D eigenvalue weighted by molar-refractivity contribution is 0.122. The van der Waals surface area contributed by atoms with E-state index in [9.17, 15) is 4.79 Å². The minimum absolute atomic E-state index is 0.249. The minimum Gasteiger partial charge on any atom is -0.497 e. The maximum atomic E-state index is 12.1. The third-order valence-electron chi connectivity index (χ3n) is 4.11. The normalized spacial score (nSPS) is 14.0. The SMILES string of the molecule is COc1ccc(NC(=O)NCc2nccc(N3CCOCC3)n2)c(C)c1. The fraction of sp³-hybridized carbons (Fsp3) is 0.389. The molecule has 2 amide bonds. The molecule has 2 heterocycles. The Kier molecular flexibility index (Phi) is 5.85. The van der Waals surface area contributed by atoms with E-state index in [1.165, 1.54) is 0 Å². The van der Waals surface area contributed by atoms with Crippen LogP contribution in [-0.2, 0) is 11.3 Å². The Bertz CT molecular complexity index is 762. The van der Waals surface area contributed by atoms with E-state index < -0.39 is 0 Å². The van der Waals surface area contributed by atoms with Gasteiger partial charge in [0.25, 0.3) is 0 Å². The van der Waals surface area contributed by atoms with E-state index in [1.807, 2.05) is 25.1 Å².